The molecule has 0 bridgehead atoms. The maximum atomic E-state index is 12.7. The van der Waals surface area contributed by atoms with Crippen LogP contribution in [-0.4, -0.2) is 65.0 Å². The van der Waals surface area contributed by atoms with Gasteiger partial charge in [-0.15, -0.1) is 10.2 Å². The highest BCUT2D eigenvalue weighted by atomic mass is 16.5. The third-order valence-electron chi connectivity index (χ3n) is 5.93. The standard InChI is InChI=1S/C23H24N6O4/c1-27-21-18(20(30)24-23(27)31)28(12-13-32-2)22-26-25-19(29(21)22)16-8-10-17(11-9-16)33-14-15-6-4-3-5-7-15/h3-11,18,21H,12-14H2,1-2H3,(H,24,30,31). The van der Waals surface area contributed by atoms with Gasteiger partial charge in [0.15, 0.2) is 11.9 Å². The van der Waals surface area contributed by atoms with Crippen molar-refractivity contribution in [1.82, 2.24) is 25.0 Å². The summed E-state index contributed by atoms with van der Waals surface area (Å²) in [5.74, 6) is 1.47. The zero-order chi connectivity index (χ0) is 22.9. The largest absolute Gasteiger partial charge is 0.489 e. The van der Waals surface area contributed by atoms with Gasteiger partial charge in [-0.1, -0.05) is 30.3 Å². The van der Waals surface area contributed by atoms with Crippen LogP contribution >= 0.6 is 0 Å². The Kier molecular flexibility index (Phi) is 5.43. The topological polar surface area (TPSA) is 102 Å². The summed E-state index contributed by atoms with van der Waals surface area (Å²) in [6.07, 6.45) is -0.558. The van der Waals surface area contributed by atoms with Crippen molar-refractivity contribution in [1.29, 1.82) is 0 Å². The number of nitrogens with one attached hydrogen (secondary N) is 1. The van der Waals surface area contributed by atoms with Crippen LogP contribution in [0.25, 0.3) is 11.4 Å². The first-order chi connectivity index (χ1) is 16.1. The Morgan fingerprint density at radius 3 is 2.52 bits per heavy atom. The lowest BCUT2D eigenvalue weighted by Gasteiger charge is -2.36. The van der Waals surface area contributed by atoms with E-state index in [-0.39, 0.29) is 5.91 Å². The first-order valence-corrected chi connectivity index (χ1v) is 10.6. The number of imide groups is 1. The van der Waals surface area contributed by atoms with E-state index in [4.69, 9.17) is 9.47 Å². The van der Waals surface area contributed by atoms with Crippen LogP contribution in [0, 0.1) is 0 Å². The Balaban J connectivity index is 1.44. The number of aromatic nitrogens is 3. The average Bonchev–Trinajstić information content (AvgIpc) is 3.40. The van der Waals surface area contributed by atoms with Crippen molar-refractivity contribution in [2.75, 3.05) is 32.2 Å². The number of benzene rings is 2. The van der Waals surface area contributed by atoms with E-state index < -0.39 is 18.2 Å². The van der Waals surface area contributed by atoms with Crippen LogP contribution in [0.2, 0.25) is 0 Å². The van der Waals surface area contributed by atoms with E-state index in [0.29, 0.717) is 31.5 Å². The molecule has 170 valence electrons. The fourth-order valence-electron chi connectivity index (χ4n) is 4.27. The lowest BCUT2D eigenvalue weighted by Crippen LogP contribution is -2.61. The molecule has 2 aromatic carbocycles. The Bertz CT molecular complexity index is 1160. The number of nitrogens with zero attached hydrogens (tertiary/aromatic N) is 5. The van der Waals surface area contributed by atoms with Gasteiger partial charge in [0.1, 0.15) is 18.5 Å². The van der Waals surface area contributed by atoms with Crippen LogP contribution < -0.4 is 15.0 Å². The summed E-state index contributed by atoms with van der Waals surface area (Å²) in [5.41, 5.74) is 1.89. The van der Waals surface area contributed by atoms with Gasteiger partial charge in [0.05, 0.1) is 6.61 Å². The molecular formula is C23H24N6O4. The molecule has 1 aromatic heterocycles. The molecule has 0 aliphatic carbocycles. The molecule has 1 fully saturated rings. The number of hydrogen-bond acceptors (Lipinski definition) is 7. The second kappa shape index (κ2) is 8.55. The zero-order valence-electron chi connectivity index (χ0n) is 18.3. The summed E-state index contributed by atoms with van der Waals surface area (Å²) >= 11 is 0. The lowest BCUT2D eigenvalue weighted by molar-refractivity contribution is -0.124. The Morgan fingerprint density at radius 1 is 1.03 bits per heavy atom. The van der Waals surface area contributed by atoms with Crippen LogP contribution in [-0.2, 0) is 16.1 Å². The molecule has 33 heavy (non-hydrogen) atoms. The number of ether oxygens (including phenoxy) is 2. The molecule has 0 saturated carbocycles. The maximum absolute atomic E-state index is 12.7. The highest BCUT2D eigenvalue weighted by Gasteiger charge is 2.52. The van der Waals surface area contributed by atoms with E-state index in [9.17, 15) is 9.59 Å². The number of anilines is 1. The van der Waals surface area contributed by atoms with Gasteiger partial charge < -0.3 is 19.3 Å². The van der Waals surface area contributed by atoms with Crippen molar-refractivity contribution in [3.63, 3.8) is 0 Å². The lowest BCUT2D eigenvalue weighted by atomic mass is 10.1. The fourth-order valence-corrected chi connectivity index (χ4v) is 4.27. The number of carbonyl (C=O) groups is 2. The number of fused-ring (bicyclic) bond motifs is 3. The molecular weight excluding hydrogens is 424 g/mol. The smallest absolute Gasteiger partial charge is 0.325 e. The van der Waals surface area contributed by atoms with Crippen molar-refractivity contribution < 1.29 is 19.1 Å². The molecule has 3 amide bonds. The minimum absolute atomic E-state index is 0.361. The van der Waals surface area contributed by atoms with Gasteiger partial charge in [0.25, 0.3) is 5.91 Å². The van der Waals surface area contributed by atoms with Gasteiger partial charge in [-0.25, -0.2) is 4.79 Å². The number of carbonyl (C=O) groups excluding carboxylic acids is 2. The van der Waals surface area contributed by atoms with Gasteiger partial charge in [0, 0.05) is 26.3 Å². The van der Waals surface area contributed by atoms with Crippen molar-refractivity contribution in [2.24, 2.45) is 0 Å². The minimum atomic E-state index is -0.611. The molecule has 3 aromatic rings. The van der Waals surface area contributed by atoms with E-state index >= 15 is 0 Å². The summed E-state index contributed by atoms with van der Waals surface area (Å²) in [5, 5.41) is 11.2. The maximum Gasteiger partial charge on any atom is 0.325 e. The summed E-state index contributed by atoms with van der Waals surface area (Å²) in [6, 6.07) is 16.4. The quantitative estimate of drug-likeness (QED) is 0.590. The zero-order valence-corrected chi connectivity index (χ0v) is 18.3. The predicted octanol–water partition coefficient (Wildman–Crippen LogP) is 2.04. The number of likely N-dealkylation sites (N-methyl/N-ethyl adjacent to an activating group) is 1. The molecule has 2 aliphatic rings. The molecule has 0 radical (unpaired) electrons. The van der Waals surface area contributed by atoms with Crippen molar-refractivity contribution >= 4 is 17.9 Å². The number of urea groups is 1. The third kappa shape index (κ3) is 3.68. The highest BCUT2D eigenvalue weighted by Crippen LogP contribution is 2.40. The monoisotopic (exact) mass is 448 g/mol. The van der Waals surface area contributed by atoms with Crippen molar-refractivity contribution in [3.8, 4) is 17.1 Å². The van der Waals surface area contributed by atoms with Crippen LogP contribution in [0.1, 0.15) is 11.7 Å². The number of rotatable bonds is 7. The van der Waals surface area contributed by atoms with E-state index in [1.165, 1.54) is 4.90 Å². The molecule has 1 saturated heterocycles. The number of amides is 3. The van der Waals surface area contributed by atoms with Crippen LogP contribution in [0.3, 0.4) is 0 Å². The van der Waals surface area contributed by atoms with Gasteiger partial charge in [0.2, 0.25) is 5.95 Å². The van der Waals surface area contributed by atoms with Crippen molar-refractivity contribution in [2.45, 2.75) is 18.8 Å². The van der Waals surface area contributed by atoms with Crippen LogP contribution in [0.4, 0.5) is 10.7 Å². The Morgan fingerprint density at radius 2 is 1.79 bits per heavy atom. The average molecular weight is 448 g/mol. The Hall–Kier alpha value is -3.92. The number of methoxy groups -OCH3 is 1. The molecule has 5 rings (SSSR count). The fraction of sp³-hybridized carbons (Fsp3) is 0.304. The van der Waals surface area contributed by atoms with Crippen LogP contribution in [0.15, 0.2) is 54.6 Å². The van der Waals surface area contributed by atoms with Crippen LogP contribution in [0.5, 0.6) is 5.75 Å². The molecule has 2 atom stereocenters. The summed E-state index contributed by atoms with van der Waals surface area (Å²) in [4.78, 5) is 28.4. The van der Waals surface area contributed by atoms with Crippen molar-refractivity contribution in [3.05, 3.63) is 60.2 Å². The van der Waals surface area contributed by atoms with Gasteiger partial charge in [-0.05, 0) is 29.8 Å². The second-order valence-electron chi connectivity index (χ2n) is 7.94. The highest BCUT2D eigenvalue weighted by molar-refractivity contribution is 6.02. The molecule has 10 heteroatoms. The minimum Gasteiger partial charge on any atom is -0.489 e. The third-order valence-corrected chi connectivity index (χ3v) is 5.93. The molecule has 0 spiro atoms. The Labute approximate surface area is 190 Å². The van der Waals surface area contributed by atoms with E-state index in [1.54, 1.807) is 14.2 Å². The predicted molar refractivity (Wildman–Crippen MR) is 120 cm³/mol. The first kappa shape index (κ1) is 21.0. The first-order valence-electron chi connectivity index (χ1n) is 10.6. The molecule has 10 nitrogen and oxygen atoms in total. The number of hydrogen-bond donors (Lipinski definition) is 1. The molecule has 3 heterocycles. The van der Waals surface area contributed by atoms with E-state index in [2.05, 4.69) is 15.5 Å². The molecule has 1 N–H and O–H groups in total. The van der Waals surface area contributed by atoms with Gasteiger partial charge in [-0.3, -0.25) is 14.7 Å². The molecule has 2 unspecified atom stereocenters. The SMILES string of the molecule is COCCN1c2nnc(-c3ccc(OCc4ccccc4)cc3)n2C2C1C(=O)NC(=O)N2C. The van der Waals surface area contributed by atoms with E-state index in [1.807, 2.05) is 64.1 Å². The summed E-state index contributed by atoms with van der Waals surface area (Å²) < 4.78 is 12.9. The van der Waals surface area contributed by atoms with E-state index in [0.717, 1.165) is 16.9 Å². The summed E-state index contributed by atoms with van der Waals surface area (Å²) in [6.45, 7) is 1.32. The second-order valence-corrected chi connectivity index (χ2v) is 7.94. The van der Waals surface area contributed by atoms with Gasteiger partial charge >= 0.3 is 6.03 Å². The normalized spacial score (nSPS) is 19.3. The molecule has 2 aliphatic heterocycles. The summed E-state index contributed by atoms with van der Waals surface area (Å²) in [7, 11) is 3.26. The van der Waals surface area contributed by atoms with Gasteiger partial charge in [-0.2, -0.15) is 0 Å².